The lowest BCUT2D eigenvalue weighted by atomic mass is 10.2. The van der Waals surface area contributed by atoms with E-state index in [2.05, 4.69) is 39.9 Å². The summed E-state index contributed by atoms with van der Waals surface area (Å²) < 4.78 is 2.23. The number of aliphatic imine (C=N–C) groups is 1. The fourth-order valence-corrected chi connectivity index (χ4v) is 3.11. The molecule has 0 bridgehead atoms. The summed E-state index contributed by atoms with van der Waals surface area (Å²) in [4.78, 5) is 9.27. The molecule has 0 aliphatic heterocycles. The van der Waals surface area contributed by atoms with Crippen LogP contribution in [-0.4, -0.2) is 15.8 Å². The van der Waals surface area contributed by atoms with Crippen molar-refractivity contribution in [1.82, 2.24) is 9.55 Å². The average Bonchev–Trinajstić information content (AvgIpc) is 2.97. The molecule has 0 radical (unpaired) electrons. The number of nitrogens with zero attached hydrogens (tertiary/aromatic N) is 3. The maximum atomic E-state index is 5.91. The molecular weight excluding hydrogens is 342 g/mol. The van der Waals surface area contributed by atoms with Crippen LogP contribution in [-0.2, 0) is 6.54 Å². The van der Waals surface area contributed by atoms with Gasteiger partial charge < -0.3 is 4.57 Å². The van der Waals surface area contributed by atoms with E-state index in [4.69, 9.17) is 16.6 Å². The van der Waals surface area contributed by atoms with Crippen LogP contribution >= 0.6 is 11.6 Å². The summed E-state index contributed by atoms with van der Waals surface area (Å²) in [7, 11) is 0. The highest BCUT2D eigenvalue weighted by atomic mass is 35.5. The first-order valence-corrected chi connectivity index (χ1v) is 8.87. The Balaban J connectivity index is 1.63. The van der Waals surface area contributed by atoms with Crippen LogP contribution in [0.1, 0.15) is 17.0 Å². The van der Waals surface area contributed by atoms with Crippen molar-refractivity contribution >= 4 is 34.5 Å². The number of hydrogen-bond acceptors (Lipinski definition) is 2. The van der Waals surface area contributed by atoms with Crippen LogP contribution in [0.15, 0.2) is 77.8 Å². The van der Waals surface area contributed by atoms with Crippen LogP contribution in [0.3, 0.4) is 0 Å². The molecule has 3 aromatic carbocycles. The smallest absolute Gasteiger partial charge is 0.107 e. The largest absolute Gasteiger partial charge is 0.324 e. The van der Waals surface area contributed by atoms with Crippen molar-refractivity contribution in [3.05, 3.63) is 94.8 Å². The quantitative estimate of drug-likeness (QED) is 0.424. The van der Waals surface area contributed by atoms with Gasteiger partial charge in [0.15, 0.2) is 0 Å². The Kier molecular flexibility index (Phi) is 4.55. The zero-order valence-corrected chi connectivity index (χ0v) is 15.2. The highest BCUT2D eigenvalue weighted by Crippen LogP contribution is 2.23. The Labute approximate surface area is 157 Å². The number of aryl methyl sites for hydroxylation is 1. The third-order valence-electron chi connectivity index (χ3n) is 4.34. The Morgan fingerprint density at radius 1 is 1.00 bits per heavy atom. The minimum Gasteiger partial charge on any atom is -0.324 e. The number of benzene rings is 3. The van der Waals surface area contributed by atoms with Crippen molar-refractivity contribution in [3.8, 4) is 0 Å². The Morgan fingerprint density at radius 3 is 2.54 bits per heavy atom. The van der Waals surface area contributed by atoms with Gasteiger partial charge in [-0.15, -0.1) is 0 Å². The van der Waals surface area contributed by atoms with Crippen molar-refractivity contribution in [1.29, 1.82) is 0 Å². The van der Waals surface area contributed by atoms with Gasteiger partial charge >= 0.3 is 0 Å². The second-order valence-corrected chi connectivity index (χ2v) is 6.65. The molecular formula is C22H18ClN3. The fourth-order valence-electron chi connectivity index (χ4n) is 2.98. The molecule has 0 saturated carbocycles. The van der Waals surface area contributed by atoms with Crippen LogP contribution in [0.25, 0.3) is 11.0 Å². The van der Waals surface area contributed by atoms with Gasteiger partial charge in [0.2, 0.25) is 0 Å². The Morgan fingerprint density at radius 2 is 1.77 bits per heavy atom. The monoisotopic (exact) mass is 359 g/mol. The lowest BCUT2D eigenvalue weighted by Crippen LogP contribution is -2.01. The SMILES string of the molecule is Cc1nc2cc(N=Cc3ccc(Cl)cc3)ccc2n1Cc1ccccc1. The van der Waals surface area contributed by atoms with Crippen LogP contribution in [0, 0.1) is 6.92 Å². The van der Waals surface area contributed by atoms with Gasteiger partial charge in [0, 0.05) is 17.8 Å². The Hall–Kier alpha value is -2.91. The number of aromatic nitrogens is 2. The molecule has 0 atom stereocenters. The predicted molar refractivity (Wildman–Crippen MR) is 109 cm³/mol. The van der Waals surface area contributed by atoms with Gasteiger partial charge in [-0.3, -0.25) is 4.99 Å². The number of imidazole rings is 1. The molecule has 0 fully saturated rings. The molecule has 1 heterocycles. The minimum atomic E-state index is 0.725. The summed E-state index contributed by atoms with van der Waals surface area (Å²) in [6.45, 7) is 2.86. The first-order valence-electron chi connectivity index (χ1n) is 8.49. The maximum Gasteiger partial charge on any atom is 0.107 e. The van der Waals surface area contributed by atoms with E-state index in [1.807, 2.05) is 55.6 Å². The first-order chi connectivity index (χ1) is 12.7. The molecule has 128 valence electrons. The number of fused-ring (bicyclic) bond motifs is 1. The number of hydrogen-bond donors (Lipinski definition) is 0. The van der Waals surface area contributed by atoms with Crippen molar-refractivity contribution in [2.45, 2.75) is 13.5 Å². The zero-order chi connectivity index (χ0) is 17.9. The first kappa shape index (κ1) is 16.6. The zero-order valence-electron chi connectivity index (χ0n) is 14.4. The van der Waals surface area contributed by atoms with Crippen LogP contribution in [0.4, 0.5) is 5.69 Å². The molecule has 4 rings (SSSR count). The van der Waals surface area contributed by atoms with E-state index < -0.39 is 0 Å². The molecule has 0 N–H and O–H groups in total. The molecule has 4 heteroatoms. The average molecular weight is 360 g/mol. The van der Waals surface area contributed by atoms with Gasteiger partial charge in [0.1, 0.15) is 5.82 Å². The molecule has 1 aromatic heterocycles. The second-order valence-electron chi connectivity index (χ2n) is 6.21. The van der Waals surface area contributed by atoms with Crippen molar-refractivity contribution in [3.63, 3.8) is 0 Å². The standard InChI is InChI=1S/C22H18ClN3/c1-16-25-21-13-20(24-14-17-7-9-19(23)10-8-17)11-12-22(21)26(16)15-18-5-3-2-4-6-18/h2-14H,15H2,1H3. The molecule has 0 unspecified atom stereocenters. The summed E-state index contributed by atoms with van der Waals surface area (Å²) in [5, 5.41) is 0.725. The summed E-state index contributed by atoms with van der Waals surface area (Å²) >= 11 is 5.91. The van der Waals surface area contributed by atoms with Crippen molar-refractivity contribution < 1.29 is 0 Å². The van der Waals surface area contributed by atoms with Gasteiger partial charge in [-0.05, 0) is 48.4 Å². The summed E-state index contributed by atoms with van der Waals surface area (Å²) in [5.41, 5.74) is 5.25. The van der Waals surface area contributed by atoms with E-state index in [0.29, 0.717) is 0 Å². The summed E-state index contributed by atoms with van der Waals surface area (Å²) in [5.74, 6) is 1.00. The topological polar surface area (TPSA) is 30.2 Å². The molecule has 0 aliphatic rings. The van der Waals surface area contributed by atoms with E-state index in [1.54, 1.807) is 0 Å². The van der Waals surface area contributed by atoms with Gasteiger partial charge in [-0.1, -0.05) is 54.1 Å². The highest BCUT2D eigenvalue weighted by molar-refractivity contribution is 6.30. The van der Waals surface area contributed by atoms with Crippen molar-refractivity contribution in [2.24, 2.45) is 4.99 Å². The number of halogens is 1. The molecule has 0 aliphatic carbocycles. The normalized spacial score (nSPS) is 11.5. The van der Waals surface area contributed by atoms with E-state index in [-0.39, 0.29) is 0 Å². The van der Waals surface area contributed by atoms with Crippen LogP contribution in [0.5, 0.6) is 0 Å². The molecule has 26 heavy (non-hydrogen) atoms. The van der Waals surface area contributed by atoms with E-state index >= 15 is 0 Å². The highest BCUT2D eigenvalue weighted by Gasteiger charge is 2.08. The van der Waals surface area contributed by atoms with E-state index in [1.165, 1.54) is 5.56 Å². The minimum absolute atomic E-state index is 0.725. The lowest BCUT2D eigenvalue weighted by Gasteiger charge is -2.07. The second kappa shape index (κ2) is 7.14. The van der Waals surface area contributed by atoms with Crippen molar-refractivity contribution in [2.75, 3.05) is 0 Å². The molecule has 4 aromatic rings. The number of rotatable bonds is 4. The molecule has 0 saturated heterocycles. The summed E-state index contributed by atoms with van der Waals surface area (Å²) in [6, 6.07) is 24.2. The van der Waals surface area contributed by atoms with Gasteiger partial charge in [0.25, 0.3) is 0 Å². The van der Waals surface area contributed by atoms with E-state index in [0.717, 1.165) is 39.7 Å². The third kappa shape index (κ3) is 3.53. The lowest BCUT2D eigenvalue weighted by molar-refractivity contribution is 0.786. The summed E-state index contributed by atoms with van der Waals surface area (Å²) in [6.07, 6.45) is 1.84. The molecule has 0 amide bonds. The maximum absolute atomic E-state index is 5.91. The Bertz CT molecular complexity index is 1060. The van der Waals surface area contributed by atoms with Crippen LogP contribution in [0.2, 0.25) is 5.02 Å². The van der Waals surface area contributed by atoms with Gasteiger partial charge in [-0.2, -0.15) is 0 Å². The molecule has 0 spiro atoms. The predicted octanol–water partition coefficient (Wildman–Crippen LogP) is 5.80. The molecule has 3 nitrogen and oxygen atoms in total. The van der Waals surface area contributed by atoms with Crippen LogP contribution < -0.4 is 0 Å². The van der Waals surface area contributed by atoms with Gasteiger partial charge in [0.05, 0.1) is 16.7 Å². The third-order valence-corrected chi connectivity index (χ3v) is 4.59. The van der Waals surface area contributed by atoms with E-state index in [9.17, 15) is 0 Å². The fraction of sp³-hybridized carbons (Fsp3) is 0.0909. The van der Waals surface area contributed by atoms with Gasteiger partial charge in [-0.25, -0.2) is 4.98 Å².